The number of carboxylic acids is 1. The second kappa shape index (κ2) is 8.08. The molecule has 5 N–H and O–H groups in total. The Morgan fingerprint density at radius 2 is 2.25 bits per heavy atom. The van der Waals surface area contributed by atoms with E-state index < -0.39 is 12.0 Å². The summed E-state index contributed by atoms with van der Waals surface area (Å²) in [5.41, 5.74) is 7.66. The number of hydrogen-bond acceptors (Lipinski definition) is 7. The van der Waals surface area contributed by atoms with Crippen molar-refractivity contribution in [1.82, 2.24) is 10.2 Å². The van der Waals surface area contributed by atoms with Crippen molar-refractivity contribution in [3.05, 3.63) is 17.2 Å². The number of carboxylic acid groups (broad SMARTS) is 1. The van der Waals surface area contributed by atoms with E-state index in [2.05, 4.69) is 17.3 Å². The lowest BCUT2D eigenvalue weighted by Crippen LogP contribution is -2.68. The Bertz CT molecular complexity index is 908. The molecule has 2 bridgehead atoms. The molecular formula is C24H35N3O5. The highest BCUT2D eigenvalue weighted by Gasteiger charge is 2.66. The summed E-state index contributed by atoms with van der Waals surface area (Å²) >= 11 is 0. The summed E-state index contributed by atoms with van der Waals surface area (Å²) in [6, 6.07) is 1.36. The van der Waals surface area contributed by atoms with E-state index in [1.165, 1.54) is 0 Å². The molecule has 0 radical (unpaired) electrons. The van der Waals surface area contributed by atoms with Crippen molar-refractivity contribution >= 4 is 5.97 Å². The average Bonchev–Trinajstić information content (AvgIpc) is 3.12. The molecule has 0 amide bonds. The molecule has 0 unspecified atom stereocenters. The second-order valence-corrected chi connectivity index (χ2v) is 9.99. The number of likely N-dealkylation sites (N-methyl/N-ethyl adjacent to an activating group) is 1. The summed E-state index contributed by atoms with van der Waals surface area (Å²) in [7, 11) is 3.85. The van der Waals surface area contributed by atoms with Crippen molar-refractivity contribution in [3.8, 4) is 17.2 Å². The van der Waals surface area contributed by atoms with E-state index in [0.717, 1.165) is 61.9 Å². The number of aliphatic carboxylic acids is 1. The molecule has 1 saturated heterocycles. The van der Waals surface area contributed by atoms with E-state index in [0.29, 0.717) is 30.7 Å². The molecule has 1 aromatic carbocycles. The van der Waals surface area contributed by atoms with Crippen LogP contribution >= 0.6 is 0 Å². The van der Waals surface area contributed by atoms with Gasteiger partial charge in [0.1, 0.15) is 17.9 Å². The number of nitrogens with one attached hydrogen (secondary N) is 1. The van der Waals surface area contributed by atoms with Gasteiger partial charge in [-0.2, -0.15) is 0 Å². The number of likely N-dealkylation sites (tertiary alicyclic amines) is 1. The Morgan fingerprint density at radius 1 is 1.44 bits per heavy atom. The minimum absolute atomic E-state index is 0.0852. The normalized spacial score (nSPS) is 33.3. The summed E-state index contributed by atoms with van der Waals surface area (Å²) in [5, 5.41) is 24.1. The van der Waals surface area contributed by atoms with E-state index in [9.17, 15) is 15.0 Å². The number of ether oxygens (including phenoxy) is 2. The predicted molar refractivity (Wildman–Crippen MR) is 119 cm³/mol. The van der Waals surface area contributed by atoms with Crippen LogP contribution in [0.3, 0.4) is 0 Å². The highest BCUT2D eigenvalue weighted by atomic mass is 16.5. The molecule has 8 heteroatoms. The summed E-state index contributed by atoms with van der Waals surface area (Å²) in [6.07, 6.45) is 5.66. The van der Waals surface area contributed by atoms with Crippen LogP contribution < -0.4 is 20.5 Å². The zero-order valence-electron chi connectivity index (χ0n) is 19.0. The van der Waals surface area contributed by atoms with Crippen molar-refractivity contribution in [1.29, 1.82) is 0 Å². The average molecular weight is 446 g/mol. The molecule has 6 atom stereocenters. The van der Waals surface area contributed by atoms with E-state index in [1.54, 1.807) is 13.2 Å². The predicted octanol–water partition coefficient (Wildman–Crippen LogP) is 1.61. The molecule has 176 valence electrons. The van der Waals surface area contributed by atoms with Gasteiger partial charge in [-0.3, -0.25) is 10.1 Å². The van der Waals surface area contributed by atoms with E-state index in [-0.39, 0.29) is 23.3 Å². The maximum Gasteiger partial charge on any atom is 0.320 e. The first kappa shape index (κ1) is 21.8. The van der Waals surface area contributed by atoms with Crippen LogP contribution in [0.1, 0.15) is 49.7 Å². The first-order valence-corrected chi connectivity index (χ1v) is 11.9. The number of phenols is 1. The van der Waals surface area contributed by atoms with Crippen LogP contribution in [-0.2, 0) is 16.6 Å². The molecule has 2 aliphatic heterocycles. The molecule has 4 aliphatic rings. The first-order chi connectivity index (χ1) is 15.4. The quantitative estimate of drug-likeness (QED) is 0.446. The van der Waals surface area contributed by atoms with Crippen molar-refractivity contribution in [3.63, 3.8) is 0 Å². The van der Waals surface area contributed by atoms with Gasteiger partial charge in [-0.15, -0.1) is 0 Å². The zero-order chi connectivity index (χ0) is 22.6. The number of aromatic hydroxyl groups is 1. The van der Waals surface area contributed by atoms with Gasteiger partial charge >= 0.3 is 5.97 Å². The van der Waals surface area contributed by atoms with Gasteiger partial charge in [-0.1, -0.05) is 6.42 Å². The van der Waals surface area contributed by atoms with E-state index in [1.807, 2.05) is 0 Å². The summed E-state index contributed by atoms with van der Waals surface area (Å²) in [6.45, 7) is 1.53. The Balaban J connectivity index is 1.54. The van der Waals surface area contributed by atoms with Crippen LogP contribution in [0, 0.1) is 5.92 Å². The molecule has 0 aromatic heterocycles. The second-order valence-electron chi connectivity index (χ2n) is 9.99. The van der Waals surface area contributed by atoms with Gasteiger partial charge in [-0.05, 0) is 64.6 Å². The maximum atomic E-state index is 12.0. The van der Waals surface area contributed by atoms with Crippen LogP contribution in [0.25, 0.3) is 0 Å². The molecule has 5 rings (SSSR count). The van der Waals surface area contributed by atoms with Gasteiger partial charge in [0, 0.05) is 34.7 Å². The summed E-state index contributed by atoms with van der Waals surface area (Å²) in [5.74, 6) is 1.03. The van der Waals surface area contributed by atoms with Crippen LogP contribution in [0.5, 0.6) is 17.2 Å². The number of nitrogens with two attached hydrogens (primary N) is 1. The third-order valence-corrected chi connectivity index (χ3v) is 8.56. The van der Waals surface area contributed by atoms with E-state index >= 15 is 0 Å². The van der Waals surface area contributed by atoms with Gasteiger partial charge < -0.3 is 30.3 Å². The molecule has 2 heterocycles. The van der Waals surface area contributed by atoms with Gasteiger partial charge in [0.25, 0.3) is 0 Å². The van der Waals surface area contributed by atoms with Crippen molar-refractivity contribution < 1.29 is 24.5 Å². The number of nitrogens with zero attached hydrogens (tertiary/aromatic N) is 1. The Kier molecular flexibility index (Phi) is 5.50. The number of unbranched alkanes of at least 4 members (excludes halogenated alkanes) is 1. The van der Waals surface area contributed by atoms with E-state index in [4.69, 9.17) is 15.2 Å². The molecule has 8 nitrogen and oxygen atoms in total. The lowest BCUT2D eigenvalue weighted by atomic mass is 9.51. The number of benzene rings is 1. The highest BCUT2D eigenvalue weighted by molar-refractivity contribution is 5.73. The minimum Gasteiger partial charge on any atom is -0.504 e. The molecule has 1 aromatic rings. The first-order valence-electron chi connectivity index (χ1n) is 11.9. The molecule has 2 aliphatic carbocycles. The number of rotatable bonds is 8. The Morgan fingerprint density at radius 3 is 2.97 bits per heavy atom. The fourth-order valence-electron chi connectivity index (χ4n) is 7.17. The molecule has 2 fully saturated rings. The number of phenolic OH excluding ortho intramolecular Hbond substituents is 1. The van der Waals surface area contributed by atoms with Crippen LogP contribution in [0.2, 0.25) is 0 Å². The van der Waals surface area contributed by atoms with Crippen LogP contribution in [0.15, 0.2) is 6.07 Å². The number of piperidine rings is 1. The lowest BCUT2D eigenvalue weighted by molar-refractivity contribution is -0.140. The topological polar surface area (TPSA) is 117 Å². The SMILES string of the molecule is COc1cc(O)c2c3c1C[C@@H]1[C@@H]4CC[C@H](N[C@@H](CCCCN)C(=O)O)[C@H](O2)[C@]34CCN1C. The van der Waals surface area contributed by atoms with Gasteiger partial charge in [0.15, 0.2) is 11.5 Å². The van der Waals surface area contributed by atoms with Crippen molar-refractivity contribution in [2.45, 2.75) is 74.6 Å². The maximum absolute atomic E-state index is 12.0. The van der Waals surface area contributed by atoms with Gasteiger partial charge in [0.2, 0.25) is 0 Å². The monoisotopic (exact) mass is 445 g/mol. The fraction of sp³-hybridized carbons (Fsp3) is 0.708. The van der Waals surface area contributed by atoms with Crippen LogP contribution in [-0.4, -0.2) is 72.6 Å². The molecule has 32 heavy (non-hydrogen) atoms. The lowest BCUT2D eigenvalue weighted by Gasteiger charge is -2.59. The Labute approximate surface area is 189 Å². The fourth-order valence-corrected chi connectivity index (χ4v) is 7.17. The standard InChI is InChI=1S/C24H35N3O5/c1-27-10-8-24-14-6-7-15(26-16(23(29)30)5-3-4-9-25)22(24)32-21-18(28)12-19(31-2)13(20(21)24)11-17(14)27/h12,14-17,22,26,28H,3-11,25H2,1-2H3,(H,29,30)/t14-,15-,16-,17+,22-,24-/m0/s1. The largest absolute Gasteiger partial charge is 0.504 e. The number of carbonyl (C=O) groups is 1. The van der Waals surface area contributed by atoms with Crippen LogP contribution in [0.4, 0.5) is 0 Å². The number of hydrogen-bond donors (Lipinski definition) is 4. The third-order valence-electron chi connectivity index (χ3n) is 8.56. The highest BCUT2D eigenvalue weighted by Crippen LogP contribution is 2.65. The summed E-state index contributed by atoms with van der Waals surface area (Å²) < 4.78 is 12.2. The third kappa shape index (κ3) is 3.03. The zero-order valence-corrected chi connectivity index (χ0v) is 19.0. The smallest absolute Gasteiger partial charge is 0.320 e. The minimum atomic E-state index is -0.827. The van der Waals surface area contributed by atoms with Gasteiger partial charge in [-0.25, -0.2) is 0 Å². The van der Waals surface area contributed by atoms with Crippen molar-refractivity contribution in [2.24, 2.45) is 11.7 Å². The van der Waals surface area contributed by atoms with Crippen molar-refractivity contribution in [2.75, 3.05) is 27.2 Å². The molecule has 1 spiro atoms. The van der Waals surface area contributed by atoms with Gasteiger partial charge in [0.05, 0.1) is 7.11 Å². The Hall–Kier alpha value is -2.03. The molecular weight excluding hydrogens is 410 g/mol. The number of methoxy groups -OCH3 is 1. The molecule has 1 saturated carbocycles. The summed E-state index contributed by atoms with van der Waals surface area (Å²) in [4.78, 5) is 14.5.